The van der Waals surface area contributed by atoms with E-state index in [9.17, 15) is 14.4 Å². The molecule has 0 spiro atoms. The first-order valence-electron chi connectivity index (χ1n) is 10.6. The maximum absolute atomic E-state index is 13.2. The number of nitrogens with zero attached hydrogens (tertiary/aromatic N) is 3. The summed E-state index contributed by atoms with van der Waals surface area (Å²) in [5.41, 5.74) is 6.91. The number of benzene rings is 1. The van der Waals surface area contributed by atoms with Crippen LogP contribution in [0.2, 0.25) is 0 Å². The summed E-state index contributed by atoms with van der Waals surface area (Å²) in [6.07, 6.45) is -0.669. The molecular formula is C22H31N5O4. The summed E-state index contributed by atoms with van der Waals surface area (Å²) in [5, 5.41) is 2.77. The Balaban J connectivity index is 1.94. The molecule has 2 aliphatic heterocycles. The maximum Gasteiger partial charge on any atom is 0.272 e. The molecule has 3 rings (SSSR count). The van der Waals surface area contributed by atoms with Crippen molar-refractivity contribution in [2.45, 2.75) is 32.9 Å². The Hall–Kier alpha value is -2.94. The van der Waals surface area contributed by atoms with Gasteiger partial charge in [-0.25, -0.2) is 4.99 Å². The van der Waals surface area contributed by atoms with E-state index in [-0.39, 0.29) is 18.2 Å². The number of fused-ring (bicyclic) bond motifs is 1. The molecule has 2 atom stereocenters. The number of morpholine rings is 1. The number of nitrogens with one attached hydrogen (secondary N) is 1. The van der Waals surface area contributed by atoms with Crippen LogP contribution in [0.5, 0.6) is 0 Å². The zero-order valence-electron chi connectivity index (χ0n) is 18.3. The van der Waals surface area contributed by atoms with Crippen molar-refractivity contribution in [2.24, 2.45) is 22.6 Å². The van der Waals surface area contributed by atoms with Crippen LogP contribution in [0.3, 0.4) is 0 Å². The third-order valence-electron chi connectivity index (χ3n) is 5.49. The van der Waals surface area contributed by atoms with Gasteiger partial charge in [0.1, 0.15) is 5.84 Å². The first-order valence-corrected chi connectivity index (χ1v) is 10.6. The molecule has 9 nitrogen and oxygen atoms in total. The molecule has 0 aromatic heterocycles. The second-order valence-corrected chi connectivity index (χ2v) is 8.37. The third kappa shape index (κ3) is 5.41. The largest absolute Gasteiger partial charge is 0.378 e. The Morgan fingerprint density at radius 1 is 1.26 bits per heavy atom. The molecule has 1 unspecified atom stereocenters. The van der Waals surface area contributed by atoms with Crippen molar-refractivity contribution in [3.63, 3.8) is 0 Å². The number of rotatable bonds is 6. The SMILES string of the molecule is CC(C)C[C@H](CC(N)=O)C(=O)NC1N=C(N2CCOCC2)c2ccccc2N(C)C1=O. The van der Waals surface area contributed by atoms with Crippen LogP contribution in [0, 0.1) is 11.8 Å². The molecular weight excluding hydrogens is 398 g/mol. The van der Waals surface area contributed by atoms with Gasteiger partial charge in [-0.3, -0.25) is 14.4 Å². The molecule has 0 bridgehead atoms. The number of carbonyl (C=O) groups is 3. The fourth-order valence-corrected chi connectivity index (χ4v) is 3.97. The van der Waals surface area contributed by atoms with Crippen LogP contribution in [0.1, 0.15) is 32.3 Å². The molecule has 1 fully saturated rings. The van der Waals surface area contributed by atoms with Gasteiger partial charge in [0.25, 0.3) is 5.91 Å². The van der Waals surface area contributed by atoms with E-state index in [2.05, 4.69) is 10.2 Å². The number of carbonyl (C=O) groups excluding carboxylic acids is 3. The summed E-state index contributed by atoms with van der Waals surface area (Å²) in [4.78, 5) is 46.0. The van der Waals surface area contributed by atoms with E-state index in [1.54, 1.807) is 7.05 Å². The van der Waals surface area contributed by atoms with E-state index in [1.165, 1.54) is 4.90 Å². The van der Waals surface area contributed by atoms with Crippen molar-refractivity contribution >= 4 is 29.2 Å². The number of nitrogens with two attached hydrogens (primary N) is 1. The molecule has 0 saturated carbocycles. The van der Waals surface area contributed by atoms with E-state index < -0.39 is 23.9 Å². The summed E-state index contributed by atoms with van der Waals surface area (Å²) in [5.74, 6) is -1.04. The predicted molar refractivity (Wildman–Crippen MR) is 117 cm³/mol. The minimum absolute atomic E-state index is 0.0684. The van der Waals surface area contributed by atoms with Gasteiger partial charge in [-0.1, -0.05) is 26.0 Å². The molecule has 1 saturated heterocycles. The first-order chi connectivity index (χ1) is 14.8. The average Bonchev–Trinajstić information content (AvgIpc) is 2.84. The molecule has 1 aromatic carbocycles. The number of para-hydroxylation sites is 1. The lowest BCUT2D eigenvalue weighted by atomic mass is 9.93. The molecule has 9 heteroatoms. The van der Waals surface area contributed by atoms with E-state index in [0.717, 1.165) is 11.3 Å². The summed E-state index contributed by atoms with van der Waals surface area (Å²) < 4.78 is 5.46. The van der Waals surface area contributed by atoms with Gasteiger partial charge < -0.3 is 25.6 Å². The van der Waals surface area contributed by atoms with Gasteiger partial charge in [-0.2, -0.15) is 0 Å². The van der Waals surface area contributed by atoms with E-state index in [0.29, 0.717) is 38.6 Å². The number of likely N-dealkylation sites (N-methyl/N-ethyl adjacent to an activating group) is 1. The summed E-state index contributed by atoms with van der Waals surface area (Å²) in [7, 11) is 1.67. The Morgan fingerprint density at radius 2 is 1.94 bits per heavy atom. The fraction of sp³-hybridized carbons (Fsp3) is 0.545. The highest BCUT2D eigenvalue weighted by atomic mass is 16.5. The summed E-state index contributed by atoms with van der Waals surface area (Å²) in [6.45, 7) is 6.36. The number of amides is 3. The second-order valence-electron chi connectivity index (χ2n) is 8.37. The Morgan fingerprint density at radius 3 is 2.58 bits per heavy atom. The van der Waals surface area contributed by atoms with Crippen molar-refractivity contribution < 1.29 is 19.1 Å². The van der Waals surface area contributed by atoms with Gasteiger partial charge in [-0.05, 0) is 24.5 Å². The number of ether oxygens (including phenoxy) is 1. The normalized spacial score (nSPS) is 20.1. The van der Waals surface area contributed by atoms with Gasteiger partial charge in [0.05, 0.1) is 18.9 Å². The molecule has 0 radical (unpaired) electrons. The van der Waals surface area contributed by atoms with Crippen molar-refractivity contribution in [1.82, 2.24) is 10.2 Å². The molecule has 3 amide bonds. The predicted octanol–water partition coefficient (Wildman–Crippen LogP) is 0.722. The number of hydrogen-bond acceptors (Lipinski definition) is 6. The topological polar surface area (TPSA) is 117 Å². The Kier molecular flexibility index (Phi) is 7.27. The average molecular weight is 430 g/mol. The highest BCUT2D eigenvalue weighted by Gasteiger charge is 2.34. The second kappa shape index (κ2) is 9.91. The van der Waals surface area contributed by atoms with E-state index in [4.69, 9.17) is 15.5 Å². The Labute approximate surface area is 182 Å². The van der Waals surface area contributed by atoms with Crippen LogP contribution in [0.25, 0.3) is 0 Å². The van der Waals surface area contributed by atoms with Crippen molar-refractivity contribution in [1.29, 1.82) is 0 Å². The smallest absolute Gasteiger partial charge is 0.272 e. The molecule has 31 heavy (non-hydrogen) atoms. The third-order valence-corrected chi connectivity index (χ3v) is 5.49. The molecule has 2 aliphatic rings. The van der Waals surface area contributed by atoms with Crippen LogP contribution in [0.15, 0.2) is 29.3 Å². The zero-order valence-corrected chi connectivity index (χ0v) is 18.3. The van der Waals surface area contributed by atoms with Crippen LogP contribution < -0.4 is 16.0 Å². The van der Waals surface area contributed by atoms with Gasteiger partial charge >= 0.3 is 0 Å². The maximum atomic E-state index is 13.2. The molecule has 0 aliphatic carbocycles. The van der Waals surface area contributed by atoms with Gasteiger partial charge in [0, 0.05) is 38.0 Å². The van der Waals surface area contributed by atoms with Gasteiger partial charge in [0.15, 0.2) is 0 Å². The Bertz CT molecular complexity index is 863. The minimum atomic E-state index is -1.09. The number of aliphatic imine (C=N–C) groups is 1. The number of amidine groups is 1. The van der Waals surface area contributed by atoms with Crippen LogP contribution in [0.4, 0.5) is 5.69 Å². The molecule has 2 heterocycles. The van der Waals surface area contributed by atoms with E-state index in [1.807, 2.05) is 38.1 Å². The van der Waals surface area contributed by atoms with Gasteiger partial charge in [0.2, 0.25) is 18.0 Å². The van der Waals surface area contributed by atoms with Crippen LogP contribution in [-0.2, 0) is 19.1 Å². The van der Waals surface area contributed by atoms with Crippen molar-refractivity contribution in [3.05, 3.63) is 29.8 Å². The lowest BCUT2D eigenvalue weighted by Crippen LogP contribution is -2.49. The molecule has 3 N–H and O–H groups in total. The highest BCUT2D eigenvalue weighted by molar-refractivity contribution is 6.12. The van der Waals surface area contributed by atoms with Gasteiger partial charge in [-0.15, -0.1) is 0 Å². The van der Waals surface area contributed by atoms with Crippen LogP contribution in [-0.4, -0.2) is 68.0 Å². The van der Waals surface area contributed by atoms with Crippen molar-refractivity contribution in [2.75, 3.05) is 38.3 Å². The number of hydrogen-bond donors (Lipinski definition) is 2. The van der Waals surface area contributed by atoms with E-state index >= 15 is 0 Å². The molecule has 1 aromatic rings. The standard InChI is InChI=1S/C22H31N5O4/c1-14(2)12-15(13-18(23)28)21(29)25-19-22(30)26(3)17-7-5-4-6-16(17)20(24-19)27-8-10-31-11-9-27/h4-7,14-15,19H,8-13H2,1-3H3,(H2,23,28)(H,25,29)/t15-,19?/m1/s1. The number of primary amides is 1. The summed E-state index contributed by atoms with van der Waals surface area (Å²) >= 11 is 0. The lowest BCUT2D eigenvalue weighted by Gasteiger charge is -2.30. The zero-order chi connectivity index (χ0) is 22.5. The van der Waals surface area contributed by atoms with Crippen LogP contribution >= 0.6 is 0 Å². The van der Waals surface area contributed by atoms with Crippen molar-refractivity contribution in [3.8, 4) is 0 Å². The fourth-order valence-electron chi connectivity index (χ4n) is 3.97. The summed E-state index contributed by atoms with van der Waals surface area (Å²) in [6, 6.07) is 7.55. The number of benzodiazepines with no additional fused rings is 1. The highest BCUT2D eigenvalue weighted by Crippen LogP contribution is 2.26. The molecule has 168 valence electrons. The quantitative estimate of drug-likeness (QED) is 0.691. The monoisotopic (exact) mass is 429 g/mol. The first kappa shape index (κ1) is 22.7. The minimum Gasteiger partial charge on any atom is -0.378 e. The number of anilines is 1. The lowest BCUT2D eigenvalue weighted by molar-refractivity contribution is -0.132.